The highest BCUT2D eigenvalue weighted by atomic mass is 16.1. The van der Waals surface area contributed by atoms with Crippen LogP contribution < -0.4 is 10.6 Å². The molecule has 1 amide bonds. The third kappa shape index (κ3) is 20.2. The van der Waals surface area contributed by atoms with Crippen molar-refractivity contribution in [1.29, 1.82) is 0 Å². The first kappa shape index (κ1) is 32.1. The Bertz CT molecular complexity index is 483. The van der Waals surface area contributed by atoms with Crippen LogP contribution in [0.3, 0.4) is 0 Å². The Morgan fingerprint density at radius 3 is 1.64 bits per heavy atom. The molecule has 2 N–H and O–H groups in total. The van der Waals surface area contributed by atoms with Gasteiger partial charge in [0.1, 0.15) is 0 Å². The van der Waals surface area contributed by atoms with Gasteiger partial charge >= 0.3 is 0 Å². The molecular formula is C29H58N2O2. The predicted molar refractivity (Wildman–Crippen MR) is 144 cm³/mol. The van der Waals surface area contributed by atoms with E-state index < -0.39 is 0 Å². The van der Waals surface area contributed by atoms with E-state index >= 15 is 0 Å². The van der Waals surface area contributed by atoms with Gasteiger partial charge in [0.05, 0.1) is 6.04 Å². The number of carbonyl (C=O) groups is 2. The fraction of sp³-hybridized carbons (Fsp3) is 0.931. The van der Waals surface area contributed by atoms with Gasteiger partial charge < -0.3 is 10.6 Å². The smallest absolute Gasteiger partial charge is 0.219 e. The van der Waals surface area contributed by atoms with Crippen molar-refractivity contribution in [3.05, 3.63) is 0 Å². The molecule has 0 aliphatic carbocycles. The number of ketones is 1. The van der Waals surface area contributed by atoms with Crippen LogP contribution in [0, 0.1) is 5.41 Å². The quantitative estimate of drug-likeness (QED) is 0.160. The SMILES string of the molecule is CCCCCCCCCCCCCCCC(=O)NCCCC[C@H](NC(C)C)C(=O)C(C)(C)C. The Hall–Kier alpha value is -0.900. The number of carbonyl (C=O) groups excluding carboxylic acids is 2. The molecule has 0 spiro atoms. The molecule has 1 atom stereocenters. The first-order valence-electron chi connectivity index (χ1n) is 14.3. The highest BCUT2D eigenvalue weighted by Gasteiger charge is 2.29. The average molecular weight is 467 g/mol. The molecule has 0 unspecified atom stereocenters. The largest absolute Gasteiger partial charge is 0.356 e. The number of Topliss-reactive ketones (excluding diaryl/α,β-unsaturated/α-hetero) is 1. The third-order valence-corrected chi connectivity index (χ3v) is 6.34. The van der Waals surface area contributed by atoms with E-state index in [1.54, 1.807) is 0 Å². The molecule has 33 heavy (non-hydrogen) atoms. The number of hydrogen-bond donors (Lipinski definition) is 2. The Morgan fingerprint density at radius 1 is 0.697 bits per heavy atom. The first-order chi connectivity index (χ1) is 15.7. The van der Waals surface area contributed by atoms with Gasteiger partial charge in [0, 0.05) is 24.4 Å². The van der Waals surface area contributed by atoms with Crippen molar-refractivity contribution in [2.24, 2.45) is 5.41 Å². The number of unbranched alkanes of at least 4 members (excludes halogenated alkanes) is 13. The number of amides is 1. The molecule has 0 saturated carbocycles. The van der Waals surface area contributed by atoms with Crippen molar-refractivity contribution in [3.8, 4) is 0 Å². The van der Waals surface area contributed by atoms with Crippen LogP contribution in [-0.4, -0.2) is 30.3 Å². The van der Waals surface area contributed by atoms with Crippen LogP contribution in [0.4, 0.5) is 0 Å². The molecule has 0 aromatic carbocycles. The van der Waals surface area contributed by atoms with Gasteiger partial charge in [0.15, 0.2) is 5.78 Å². The summed E-state index contributed by atoms with van der Waals surface area (Å²) in [6.07, 6.45) is 20.6. The fourth-order valence-electron chi connectivity index (χ4n) is 4.31. The van der Waals surface area contributed by atoms with Gasteiger partial charge in [-0.2, -0.15) is 0 Å². The van der Waals surface area contributed by atoms with E-state index in [1.165, 1.54) is 77.0 Å². The maximum Gasteiger partial charge on any atom is 0.219 e. The molecular weight excluding hydrogens is 408 g/mol. The predicted octanol–water partition coefficient (Wildman–Crippen LogP) is 7.74. The second-order valence-electron chi connectivity index (χ2n) is 11.3. The topological polar surface area (TPSA) is 58.2 Å². The summed E-state index contributed by atoms with van der Waals surface area (Å²) >= 11 is 0. The molecule has 0 aromatic heterocycles. The van der Waals surface area contributed by atoms with Crippen LogP contribution in [0.5, 0.6) is 0 Å². The zero-order valence-electron chi connectivity index (χ0n) is 23.2. The van der Waals surface area contributed by atoms with E-state index in [1.807, 2.05) is 20.8 Å². The lowest BCUT2D eigenvalue weighted by Crippen LogP contribution is -2.45. The van der Waals surface area contributed by atoms with Gasteiger partial charge in [-0.15, -0.1) is 0 Å². The summed E-state index contributed by atoms with van der Waals surface area (Å²) in [5, 5.41) is 6.47. The Labute approximate surface area is 206 Å². The van der Waals surface area contributed by atoms with E-state index in [0.717, 1.165) is 32.2 Å². The second-order valence-corrected chi connectivity index (χ2v) is 11.3. The van der Waals surface area contributed by atoms with Crippen LogP contribution in [0.25, 0.3) is 0 Å². The number of rotatable bonds is 22. The Morgan fingerprint density at radius 2 is 1.18 bits per heavy atom. The maximum atomic E-state index is 12.6. The standard InChI is InChI=1S/C29H58N2O2/c1-7-8-9-10-11-12-13-14-15-16-17-18-19-23-27(32)30-24-21-20-22-26(31-25(2)3)28(33)29(4,5)6/h25-26,31H,7-24H2,1-6H3,(H,30,32)/t26-/m0/s1. The van der Waals surface area contributed by atoms with Crippen LogP contribution in [0.2, 0.25) is 0 Å². The van der Waals surface area contributed by atoms with Crippen molar-refractivity contribution in [1.82, 2.24) is 10.6 Å². The Balaban J connectivity index is 3.62. The lowest BCUT2D eigenvalue weighted by molar-refractivity contribution is -0.129. The molecule has 0 aliphatic rings. The molecule has 0 fully saturated rings. The highest BCUT2D eigenvalue weighted by Crippen LogP contribution is 2.20. The molecule has 4 heteroatoms. The van der Waals surface area contributed by atoms with Crippen molar-refractivity contribution >= 4 is 11.7 Å². The molecule has 0 aromatic rings. The second kappa shape index (κ2) is 20.5. The summed E-state index contributed by atoms with van der Waals surface area (Å²) in [5.74, 6) is 0.461. The molecule has 0 heterocycles. The molecule has 0 saturated heterocycles. The first-order valence-corrected chi connectivity index (χ1v) is 14.3. The number of hydrogen-bond acceptors (Lipinski definition) is 3. The normalized spacial score (nSPS) is 12.8. The molecule has 0 bridgehead atoms. The van der Waals surface area contributed by atoms with Crippen LogP contribution >= 0.6 is 0 Å². The van der Waals surface area contributed by atoms with Crippen molar-refractivity contribution in [2.45, 2.75) is 163 Å². The molecule has 4 nitrogen and oxygen atoms in total. The molecule has 0 aliphatic heterocycles. The summed E-state index contributed by atoms with van der Waals surface area (Å²) < 4.78 is 0. The van der Waals surface area contributed by atoms with Crippen LogP contribution in [0.15, 0.2) is 0 Å². The van der Waals surface area contributed by atoms with E-state index in [-0.39, 0.29) is 23.1 Å². The minimum Gasteiger partial charge on any atom is -0.356 e. The lowest BCUT2D eigenvalue weighted by Gasteiger charge is -2.27. The van der Waals surface area contributed by atoms with Crippen LogP contribution in [-0.2, 0) is 9.59 Å². The van der Waals surface area contributed by atoms with Gasteiger partial charge in [-0.1, -0.05) is 119 Å². The monoisotopic (exact) mass is 466 g/mol. The lowest BCUT2D eigenvalue weighted by atomic mass is 9.84. The molecule has 196 valence electrons. The average Bonchev–Trinajstić information content (AvgIpc) is 2.74. The third-order valence-electron chi connectivity index (χ3n) is 6.34. The van der Waals surface area contributed by atoms with Gasteiger partial charge in [-0.3, -0.25) is 9.59 Å². The van der Waals surface area contributed by atoms with Crippen molar-refractivity contribution < 1.29 is 9.59 Å². The molecule has 0 radical (unpaired) electrons. The maximum absolute atomic E-state index is 12.6. The van der Waals surface area contributed by atoms with E-state index in [0.29, 0.717) is 12.5 Å². The van der Waals surface area contributed by atoms with Crippen LogP contribution in [0.1, 0.15) is 151 Å². The van der Waals surface area contributed by atoms with Gasteiger partial charge in [0.2, 0.25) is 5.91 Å². The summed E-state index contributed by atoms with van der Waals surface area (Å²) in [6.45, 7) is 13.1. The van der Waals surface area contributed by atoms with Gasteiger partial charge in [-0.05, 0) is 25.7 Å². The minimum atomic E-state index is -0.325. The number of nitrogens with one attached hydrogen (secondary N) is 2. The summed E-state index contributed by atoms with van der Waals surface area (Å²) in [6, 6.07) is 0.202. The summed E-state index contributed by atoms with van der Waals surface area (Å²) in [5.41, 5.74) is -0.325. The Kier molecular flexibility index (Phi) is 19.9. The summed E-state index contributed by atoms with van der Waals surface area (Å²) in [7, 11) is 0. The van der Waals surface area contributed by atoms with E-state index in [9.17, 15) is 9.59 Å². The zero-order chi connectivity index (χ0) is 25.0. The minimum absolute atomic E-state index is 0.0912. The molecule has 0 rings (SSSR count). The van der Waals surface area contributed by atoms with E-state index in [4.69, 9.17) is 0 Å². The zero-order valence-corrected chi connectivity index (χ0v) is 23.2. The summed E-state index contributed by atoms with van der Waals surface area (Å²) in [4.78, 5) is 24.7. The van der Waals surface area contributed by atoms with Gasteiger partial charge in [0.25, 0.3) is 0 Å². The van der Waals surface area contributed by atoms with Crippen molar-refractivity contribution in [2.75, 3.05) is 6.54 Å². The van der Waals surface area contributed by atoms with Crippen molar-refractivity contribution in [3.63, 3.8) is 0 Å². The van der Waals surface area contributed by atoms with Gasteiger partial charge in [-0.25, -0.2) is 0 Å². The van der Waals surface area contributed by atoms with E-state index in [2.05, 4.69) is 31.4 Å². The fourth-order valence-corrected chi connectivity index (χ4v) is 4.31. The highest BCUT2D eigenvalue weighted by molar-refractivity contribution is 5.88.